The normalized spacial score (nSPS) is 10.5. The Morgan fingerprint density at radius 2 is 1.95 bits per heavy atom. The third-order valence-corrected chi connectivity index (χ3v) is 3.10. The van der Waals surface area contributed by atoms with Crippen molar-refractivity contribution in [1.29, 1.82) is 0 Å². The first-order chi connectivity index (χ1) is 10.3. The van der Waals surface area contributed by atoms with E-state index in [4.69, 9.17) is 0 Å². The summed E-state index contributed by atoms with van der Waals surface area (Å²) < 4.78 is 1.62. The summed E-state index contributed by atoms with van der Waals surface area (Å²) in [5.41, 5.74) is 1.53. The highest BCUT2D eigenvalue weighted by atomic mass is 16.1. The van der Waals surface area contributed by atoms with Crippen LogP contribution in [0.15, 0.2) is 54.9 Å². The zero-order chi connectivity index (χ0) is 14.5. The van der Waals surface area contributed by atoms with Crippen LogP contribution in [0.25, 0.3) is 11.4 Å². The number of Topliss-reactive ketones (excluding diaryl/α,β-unsaturated/α-hetero) is 1. The Morgan fingerprint density at radius 3 is 2.71 bits per heavy atom. The van der Waals surface area contributed by atoms with E-state index in [1.165, 1.54) is 0 Å². The topological polar surface area (TPSA) is 73.6 Å². The molecule has 0 amide bonds. The molecule has 0 atom stereocenters. The SMILES string of the molecule is O=C(CCn1nnnc1-c1cccnc1)c1ccccc1. The Labute approximate surface area is 121 Å². The standard InChI is InChI=1S/C15H13N5O/c21-14(12-5-2-1-3-6-12)8-10-20-15(17-18-19-20)13-7-4-9-16-11-13/h1-7,9,11H,8,10H2. The van der Waals surface area contributed by atoms with Gasteiger partial charge in [-0.2, -0.15) is 0 Å². The molecule has 6 heteroatoms. The van der Waals surface area contributed by atoms with Gasteiger partial charge in [0.15, 0.2) is 11.6 Å². The van der Waals surface area contributed by atoms with E-state index in [2.05, 4.69) is 20.5 Å². The fourth-order valence-electron chi connectivity index (χ4n) is 2.03. The van der Waals surface area contributed by atoms with Crippen LogP contribution < -0.4 is 0 Å². The summed E-state index contributed by atoms with van der Waals surface area (Å²) >= 11 is 0. The molecule has 0 fully saturated rings. The van der Waals surface area contributed by atoms with E-state index in [9.17, 15) is 4.79 Å². The van der Waals surface area contributed by atoms with Crippen LogP contribution in [0, 0.1) is 0 Å². The second kappa shape index (κ2) is 6.04. The maximum absolute atomic E-state index is 12.1. The molecule has 2 heterocycles. The molecule has 0 saturated carbocycles. The fourth-order valence-corrected chi connectivity index (χ4v) is 2.03. The van der Waals surface area contributed by atoms with Gasteiger partial charge in [0.05, 0.1) is 6.54 Å². The maximum Gasteiger partial charge on any atom is 0.183 e. The van der Waals surface area contributed by atoms with Crippen LogP contribution >= 0.6 is 0 Å². The number of carbonyl (C=O) groups excluding carboxylic acids is 1. The summed E-state index contributed by atoms with van der Waals surface area (Å²) in [5, 5.41) is 11.6. The van der Waals surface area contributed by atoms with Gasteiger partial charge in [-0.25, -0.2) is 4.68 Å². The van der Waals surface area contributed by atoms with E-state index in [1.807, 2.05) is 42.5 Å². The molecule has 21 heavy (non-hydrogen) atoms. The number of ketones is 1. The molecule has 0 saturated heterocycles. The van der Waals surface area contributed by atoms with Gasteiger partial charge >= 0.3 is 0 Å². The molecule has 1 aromatic carbocycles. The first kappa shape index (κ1) is 13.1. The minimum Gasteiger partial charge on any atom is -0.294 e. The van der Waals surface area contributed by atoms with Gasteiger partial charge in [0.2, 0.25) is 0 Å². The summed E-state index contributed by atoms with van der Waals surface area (Å²) in [4.78, 5) is 16.1. The molecule has 0 aliphatic rings. The average molecular weight is 279 g/mol. The zero-order valence-electron chi connectivity index (χ0n) is 11.3. The summed E-state index contributed by atoms with van der Waals surface area (Å²) in [7, 11) is 0. The van der Waals surface area contributed by atoms with Gasteiger partial charge in [0.1, 0.15) is 0 Å². The van der Waals surface area contributed by atoms with Gasteiger partial charge in [-0.1, -0.05) is 30.3 Å². The van der Waals surface area contributed by atoms with E-state index in [0.29, 0.717) is 24.4 Å². The molecule has 0 spiro atoms. The van der Waals surface area contributed by atoms with Crippen molar-refractivity contribution in [1.82, 2.24) is 25.2 Å². The van der Waals surface area contributed by atoms with Gasteiger partial charge in [-0.15, -0.1) is 5.10 Å². The van der Waals surface area contributed by atoms with E-state index in [1.54, 1.807) is 17.1 Å². The maximum atomic E-state index is 12.1. The van der Waals surface area contributed by atoms with Gasteiger partial charge < -0.3 is 0 Å². The number of rotatable bonds is 5. The molecule has 0 radical (unpaired) electrons. The predicted octanol–water partition coefficient (Wildman–Crippen LogP) is 2.01. The summed E-state index contributed by atoms with van der Waals surface area (Å²) in [6.45, 7) is 0.435. The Balaban J connectivity index is 1.73. The number of nitrogens with zero attached hydrogens (tertiary/aromatic N) is 5. The average Bonchev–Trinajstić information content (AvgIpc) is 3.03. The number of aryl methyl sites for hydroxylation is 1. The lowest BCUT2D eigenvalue weighted by Gasteiger charge is -2.04. The molecule has 2 aromatic heterocycles. The van der Waals surface area contributed by atoms with E-state index < -0.39 is 0 Å². The molecule has 3 rings (SSSR count). The number of aromatic nitrogens is 5. The van der Waals surface area contributed by atoms with Crippen molar-refractivity contribution in [2.75, 3.05) is 0 Å². The quantitative estimate of drug-likeness (QED) is 0.668. The van der Waals surface area contributed by atoms with Crippen molar-refractivity contribution in [2.24, 2.45) is 0 Å². The molecule has 0 unspecified atom stereocenters. The Morgan fingerprint density at radius 1 is 1.10 bits per heavy atom. The third kappa shape index (κ3) is 3.00. The van der Waals surface area contributed by atoms with Crippen LogP contribution in [0.4, 0.5) is 0 Å². The Bertz CT molecular complexity index is 724. The Hall–Kier alpha value is -2.89. The highest BCUT2D eigenvalue weighted by Crippen LogP contribution is 2.14. The van der Waals surface area contributed by atoms with Crippen LogP contribution in [-0.2, 0) is 6.54 Å². The minimum atomic E-state index is 0.0724. The number of tetrazole rings is 1. The highest BCUT2D eigenvalue weighted by molar-refractivity contribution is 5.95. The third-order valence-electron chi connectivity index (χ3n) is 3.10. The molecule has 0 aliphatic carbocycles. The van der Waals surface area contributed by atoms with Gasteiger partial charge in [-0.3, -0.25) is 9.78 Å². The molecular formula is C15H13N5O. The molecule has 6 nitrogen and oxygen atoms in total. The van der Waals surface area contributed by atoms with E-state index >= 15 is 0 Å². The van der Waals surface area contributed by atoms with Gasteiger partial charge in [-0.05, 0) is 22.6 Å². The number of benzene rings is 1. The second-order valence-corrected chi connectivity index (χ2v) is 4.51. The van der Waals surface area contributed by atoms with Crippen LogP contribution in [-0.4, -0.2) is 31.0 Å². The van der Waals surface area contributed by atoms with Crippen molar-refractivity contribution in [2.45, 2.75) is 13.0 Å². The molecule has 0 bridgehead atoms. The molecule has 0 N–H and O–H groups in total. The number of hydrogen-bond donors (Lipinski definition) is 0. The van der Waals surface area contributed by atoms with Crippen molar-refractivity contribution in [3.05, 3.63) is 60.4 Å². The molecular weight excluding hydrogens is 266 g/mol. The van der Waals surface area contributed by atoms with Crippen molar-refractivity contribution in [3.63, 3.8) is 0 Å². The minimum absolute atomic E-state index is 0.0724. The predicted molar refractivity (Wildman–Crippen MR) is 76.4 cm³/mol. The lowest BCUT2D eigenvalue weighted by atomic mass is 10.1. The van der Waals surface area contributed by atoms with Crippen molar-refractivity contribution < 1.29 is 4.79 Å². The monoisotopic (exact) mass is 279 g/mol. The zero-order valence-corrected chi connectivity index (χ0v) is 11.3. The molecule has 3 aromatic rings. The number of carbonyl (C=O) groups is 1. The lowest BCUT2D eigenvalue weighted by molar-refractivity contribution is 0.0975. The van der Waals surface area contributed by atoms with Crippen LogP contribution in [0.5, 0.6) is 0 Å². The first-order valence-electron chi connectivity index (χ1n) is 6.59. The van der Waals surface area contributed by atoms with Gasteiger partial charge in [0, 0.05) is 29.9 Å². The smallest absolute Gasteiger partial charge is 0.183 e. The molecule has 104 valence electrons. The summed E-state index contributed by atoms with van der Waals surface area (Å²) in [6, 6.07) is 12.9. The largest absolute Gasteiger partial charge is 0.294 e. The summed E-state index contributed by atoms with van der Waals surface area (Å²) in [6.07, 6.45) is 3.74. The van der Waals surface area contributed by atoms with E-state index in [0.717, 1.165) is 5.56 Å². The Kier molecular flexibility index (Phi) is 3.77. The molecule has 0 aliphatic heterocycles. The van der Waals surface area contributed by atoms with Crippen LogP contribution in [0.2, 0.25) is 0 Å². The van der Waals surface area contributed by atoms with Crippen LogP contribution in [0.1, 0.15) is 16.8 Å². The fraction of sp³-hybridized carbons (Fsp3) is 0.133. The van der Waals surface area contributed by atoms with Crippen molar-refractivity contribution in [3.8, 4) is 11.4 Å². The second-order valence-electron chi connectivity index (χ2n) is 4.51. The van der Waals surface area contributed by atoms with Gasteiger partial charge in [0.25, 0.3) is 0 Å². The first-order valence-corrected chi connectivity index (χ1v) is 6.59. The van der Waals surface area contributed by atoms with Crippen LogP contribution in [0.3, 0.4) is 0 Å². The van der Waals surface area contributed by atoms with E-state index in [-0.39, 0.29) is 5.78 Å². The summed E-state index contributed by atoms with van der Waals surface area (Å²) in [5.74, 6) is 0.687. The lowest BCUT2D eigenvalue weighted by Crippen LogP contribution is -2.09. The highest BCUT2D eigenvalue weighted by Gasteiger charge is 2.11. The van der Waals surface area contributed by atoms with Crippen molar-refractivity contribution >= 4 is 5.78 Å². The number of hydrogen-bond acceptors (Lipinski definition) is 5. The number of pyridine rings is 1.